The van der Waals surface area contributed by atoms with Crippen LogP contribution in [0.2, 0.25) is 0 Å². The highest BCUT2D eigenvalue weighted by Crippen LogP contribution is 2.05. The maximum atomic E-state index is 4.22. The Hall–Kier alpha value is -1.09. The number of para-hydroxylation sites is 2. The Labute approximate surface area is 77.0 Å². The van der Waals surface area contributed by atoms with Crippen LogP contribution in [0.4, 0.5) is 0 Å². The van der Waals surface area contributed by atoms with E-state index < -0.39 is 0 Å². The number of aromatic nitrogens is 3. The molecule has 0 aliphatic rings. The summed E-state index contributed by atoms with van der Waals surface area (Å²) in [6.45, 7) is 0. The molecule has 0 saturated heterocycles. The fourth-order valence-corrected chi connectivity index (χ4v) is 1.31. The normalized spacial score (nSPS) is 9.83. The summed E-state index contributed by atoms with van der Waals surface area (Å²) in [7, 11) is 3.89. The van der Waals surface area contributed by atoms with Crippen molar-refractivity contribution in [2.75, 3.05) is 0 Å². The average Bonchev–Trinajstić information content (AvgIpc) is 2.30. The first-order valence-electron chi connectivity index (χ1n) is 3.57. The van der Waals surface area contributed by atoms with E-state index >= 15 is 0 Å². The second kappa shape index (κ2) is 3.11. The summed E-state index contributed by atoms with van der Waals surface area (Å²) in [5.74, 6) is 0. The minimum atomic E-state index is 0. The number of halogens is 1. The van der Waals surface area contributed by atoms with Crippen LogP contribution in [-0.4, -0.2) is 9.90 Å². The number of fused-ring (bicyclic) bond motifs is 1. The summed E-state index contributed by atoms with van der Waals surface area (Å²) >= 11 is 0. The van der Waals surface area contributed by atoms with Crippen molar-refractivity contribution < 1.29 is 17.1 Å². The maximum Gasteiger partial charge on any atom is 0.197 e. The van der Waals surface area contributed by atoms with Gasteiger partial charge in [0.05, 0.1) is 5.21 Å². The third-order valence-electron chi connectivity index (χ3n) is 1.85. The van der Waals surface area contributed by atoms with Gasteiger partial charge < -0.3 is 12.4 Å². The molecule has 0 atom stereocenters. The van der Waals surface area contributed by atoms with Crippen molar-refractivity contribution in [2.45, 2.75) is 0 Å². The molecule has 0 aliphatic heterocycles. The molecule has 0 saturated carbocycles. The van der Waals surface area contributed by atoms with Gasteiger partial charge in [0.2, 0.25) is 0 Å². The highest BCUT2D eigenvalue weighted by molar-refractivity contribution is 5.70. The van der Waals surface area contributed by atoms with E-state index in [1.807, 2.05) is 35.6 Å². The molecule has 0 bridgehead atoms. The lowest BCUT2D eigenvalue weighted by molar-refractivity contribution is -0.708. The largest absolute Gasteiger partial charge is 1.00 e. The van der Waals surface area contributed by atoms with E-state index in [4.69, 9.17) is 0 Å². The molecule has 0 amide bonds. The average molecular weight is 184 g/mol. The number of hydrogen-bond donors (Lipinski definition) is 0. The van der Waals surface area contributed by atoms with Gasteiger partial charge in [-0.1, -0.05) is 12.1 Å². The topological polar surface area (TPSA) is 21.7 Å². The molecule has 0 aliphatic carbocycles. The fourth-order valence-electron chi connectivity index (χ4n) is 1.31. The van der Waals surface area contributed by atoms with Gasteiger partial charge in [-0.3, -0.25) is 0 Å². The molecule has 0 fully saturated rings. The molecule has 64 valence electrons. The van der Waals surface area contributed by atoms with Gasteiger partial charge in [0, 0.05) is 0 Å². The standard InChI is InChI=1S/C8H10N3.ClH/c1-10-7-5-3-4-6-8(7)11(2)9-10;/h3-6H,1-2H3;1H/q+1;/p-1. The number of rotatable bonds is 0. The van der Waals surface area contributed by atoms with Crippen molar-refractivity contribution in [2.24, 2.45) is 14.1 Å². The molecular weight excluding hydrogens is 174 g/mol. The predicted molar refractivity (Wildman–Crippen MR) is 41.9 cm³/mol. The summed E-state index contributed by atoms with van der Waals surface area (Å²) in [6.07, 6.45) is 0. The summed E-state index contributed by atoms with van der Waals surface area (Å²) in [5, 5.41) is 4.22. The Morgan fingerprint density at radius 2 is 2.00 bits per heavy atom. The van der Waals surface area contributed by atoms with Gasteiger partial charge in [-0.25, -0.2) is 0 Å². The number of hydrogen-bond acceptors (Lipinski definition) is 1. The molecule has 1 aromatic carbocycles. The van der Waals surface area contributed by atoms with Gasteiger partial charge in [0.25, 0.3) is 0 Å². The third-order valence-corrected chi connectivity index (χ3v) is 1.85. The molecule has 2 aromatic rings. The Balaban J connectivity index is 0.000000720. The molecule has 1 aromatic heterocycles. The Kier molecular flexibility index (Phi) is 2.33. The van der Waals surface area contributed by atoms with Crippen LogP contribution in [0.15, 0.2) is 24.3 Å². The van der Waals surface area contributed by atoms with Crippen LogP contribution in [0.25, 0.3) is 11.0 Å². The molecule has 12 heavy (non-hydrogen) atoms. The van der Waals surface area contributed by atoms with Crippen LogP contribution >= 0.6 is 0 Å². The quantitative estimate of drug-likeness (QED) is 0.411. The van der Waals surface area contributed by atoms with E-state index in [2.05, 4.69) is 17.3 Å². The van der Waals surface area contributed by atoms with Gasteiger partial charge in [-0.05, 0) is 12.1 Å². The molecule has 1 heterocycles. The Bertz CT molecular complexity index is 358. The van der Waals surface area contributed by atoms with Crippen LogP contribution in [0, 0.1) is 0 Å². The Morgan fingerprint density at radius 3 is 2.67 bits per heavy atom. The smallest absolute Gasteiger partial charge is 0.197 e. The number of aryl methyl sites for hydroxylation is 2. The molecular formula is C8H10ClN3. The van der Waals surface area contributed by atoms with E-state index in [9.17, 15) is 0 Å². The molecule has 0 unspecified atom stereocenters. The number of benzene rings is 1. The van der Waals surface area contributed by atoms with Crippen LogP contribution in [0.5, 0.6) is 0 Å². The first-order valence-corrected chi connectivity index (χ1v) is 3.57. The SMILES string of the molecule is Cn1n[n+](C)c2ccccc21.[Cl-]. The van der Waals surface area contributed by atoms with Crippen LogP contribution < -0.4 is 17.1 Å². The summed E-state index contributed by atoms with van der Waals surface area (Å²) in [6, 6.07) is 8.15. The molecule has 4 heteroatoms. The van der Waals surface area contributed by atoms with Crippen molar-refractivity contribution in [1.82, 2.24) is 9.90 Å². The maximum absolute atomic E-state index is 4.22. The van der Waals surface area contributed by atoms with Crippen LogP contribution in [0.3, 0.4) is 0 Å². The van der Waals surface area contributed by atoms with Gasteiger partial charge in [-0.15, -0.1) is 9.36 Å². The van der Waals surface area contributed by atoms with E-state index in [0.29, 0.717) is 0 Å². The van der Waals surface area contributed by atoms with Crippen molar-refractivity contribution >= 4 is 11.0 Å². The predicted octanol–water partition coefficient (Wildman–Crippen LogP) is -2.60. The minimum absolute atomic E-state index is 0. The van der Waals surface area contributed by atoms with Crippen molar-refractivity contribution in [3.05, 3.63) is 24.3 Å². The lowest BCUT2D eigenvalue weighted by atomic mass is 10.3. The van der Waals surface area contributed by atoms with Gasteiger partial charge in [0.15, 0.2) is 11.0 Å². The monoisotopic (exact) mass is 183 g/mol. The fraction of sp³-hybridized carbons (Fsp3) is 0.250. The van der Waals surface area contributed by atoms with Gasteiger partial charge >= 0.3 is 0 Å². The zero-order valence-electron chi connectivity index (χ0n) is 7.03. The summed E-state index contributed by atoms with van der Waals surface area (Å²) in [5.41, 5.74) is 2.32. The molecule has 2 rings (SSSR count). The second-order valence-corrected chi connectivity index (χ2v) is 2.63. The molecule has 0 spiro atoms. The lowest BCUT2D eigenvalue weighted by Crippen LogP contribution is -3.00. The highest BCUT2D eigenvalue weighted by atomic mass is 35.5. The Morgan fingerprint density at radius 1 is 1.33 bits per heavy atom. The van der Waals surface area contributed by atoms with Crippen molar-refractivity contribution in [1.29, 1.82) is 0 Å². The molecule has 0 N–H and O–H groups in total. The van der Waals surface area contributed by atoms with E-state index in [1.165, 1.54) is 0 Å². The first-order chi connectivity index (χ1) is 5.29. The van der Waals surface area contributed by atoms with E-state index in [-0.39, 0.29) is 12.4 Å². The second-order valence-electron chi connectivity index (χ2n) is 2.63. The zero-order chi connectivity index (χ0) is 7.84. The highest BCUT2D eigenvalue weighted by Gasteiger charge is 2.09. The van der Waals surface area contributed by atoms with Crippen molar-refractivity contribution in [3.63, 3.8) is 0 Å². The summed E-state index contributed by atoms with van der Waals surface area (Å²) in [4.78, 5) is 0. The summed E-state index contributed by atoms with van der Waals surface area (Å²) < 4.78 is 3.74. The van der Waals surface area contributed by atoms with Crippen LogP contribution in [-0.2, 0) is 14.1 Å². The van der Waals surface area contributed by atoms with Gasteiger partial charge in [0.1, 0.15) is 14.1 Å². The third kappa shape index (κ3) is 1.16. The molecule has 3 nitrogen and oxygen atoms in total. The number of nitrogens with zero attached hydrogens (tertiary/aromatic N) is 3. The van der Waals surface area contributed by atoms with E-state index in [0.717, 1.165) is 11.0 Å². The van der Waals surface area contributed by atoms with E-state index in [1.54, 1.807) is 0 Å². The first kappa shape index (κ1) is 9.00. The van der Waals surface area contributed by atoms with Crippen molar-refractivity contribution in [3.8, 4) is 0 Å². The van der Waals surface area contributed by atoms with Gasteiger partial charge in [-0.2, -0.15) is 0 Å². The van der Waals surface area contributed by atoms with Crippen LogP contribution in [0.1, 0.15) is 0 Å². The minimum Gasteiger partial charge on any atom is -1.00 e. The molecule has 0 radical (unpaired) electrons. The lowest BCUT2D eigenvalue weighted by Gasteiger charge is -1.81. The zero-order valence-corrected chi connectivity index (χ0v) is 7.78.